The van der Waals surface area contributed by atoms with Gasteiger partial charge in [0, 0.05) is 32.0 Å². The van der Waals surface area contributed by atoms with E-state index in [-0.39, 0.29) is 22.7 Å². The van der Waals surface area contributed by atoms with Gasteiger partial charge < -0.3 is 10.6 Å². The van der Waals surface area contributed by atoms with Gasteiger partial charge in [-0.1, -0.05) is 25.4 Å². The summed E-state index contributed by atoms with van der Waals surface area (Å²) in [7, 11) is 1.73. The number of carbonyl (C=O) groups is 1. The first-order valence-electron chi connectivity index (χ1n) is 6.91. The zero-order valence-corrected chi connectivity index (χ0v) is 13.2. The van der Waals surface area contributed by atoms with Gasteiger partial charge in [-0.25, -0.2) is 9.50 Å². The first-order valence-corrected chi connectivity index (χ1v) is 7.29. The number of amides is 1. The second kappa shape index (κ2) is 6.41. The van der Waals surface area contributed by atoms with Crippen LogP contribution in [0.1, 0.15) is 30.8 Å². The van der Waals surface area contributed by atoms with E-state index in [2.05, 4.69) is 23.9 Å². The largest absolute Gasteiger partial charge is 0.340 e. The van der Waals surface area contributed by atoms with Crippen molar-refractivity contribution in [2.24, 2.45) is 11.7 Å². The van der Waals surface area contributed by atoms with Gasteiger partial charge in [0.1, 0.15) is 5.02 Å². The first-order chi connectivity index (χ1) is 9.91. The molecule has 7 heteroatoms. The molecule has 0 aliphatic rings. The molecule has 0 saturated carbocycles. The molecule has 114 valence electrons. The number of hydrogen-bond donors (Lipinski definition) is 1. The Morgan fingerprint density at radius 3 is 2.86 bits per heavy atom. The number of hydrogen-bond acceptors (Lipinski definition) is 4. The molecule has 1 amide bonds. The highest BCUT2D eigenvalue weighted by Gasteiger charge is 2.22. The molecule has 2 rings (SSSR count). The summed E-state index contributed by atoms with van der Waals surface area (Å²) in [5.41, 5.74) is 6.70. The van der Waals surface area contributed by atoms with Crippen LogP contribution in [0.5, 0.6) is 0 Å². The molecule has 0 saturated heterocycles. The molecule has 0 bridgehead atoms. The third-order valence-electron chi connectivity index (χ3n) is 3.54. The minimum atomic E-state index is -0.221. The monoisotopic (exact) mass is 309 g/mol. The van der Waals surface area contributed by atoms with Crippen molar-refractivity contribution in [2.75, 3.05) is 13.6 Å². The van der Waals surface area contributed by atoms with Gasteiger partial charge in [0.25, 0.3) is 5.91 Å². The second-order valence-corrected chi connectivity index (χ2v) is 5.85. The van der Waals surface area contributed by atoms with Gasteiger partial charge in [0.2, 0.25) is 0 Å². The Kier molecular flexibility index (Phi) is 4.80. The first kappa shape index (κ1) is 15.7. The fraction of sp³-hybridized carbons (Fsp3) is 0.500. The van der Waals surface area contributed by atoms with Gasteiger partial charge in [-0.15, -0.1) is 0 Å². The summed E-state index contributed by atoms with van der Waals surface area (Å²) in [5, 5.41) is 4.47. The van der Waals surface area contributed by atoms with Crippen molar-refractivity contribution < 1.29 is 4.79 Å². The van der Waals surface area contributed by atoms with E-state index in [1.807, 2.05) is 0 Å². The normalized spacial score (nSPS) is 12.9. The van der Waals surface area contributed by atoms with Crippen molar-refractivity contribution in [3.8, 4) is 0 Å². The Balaban J connectivity index is 2.12. The topological polar surface area (TPSA) is 76.5 Å². The highest BCUT2D eigenvalue weighted by Crippen LogP contribution is 2.21. The highest BCUT2D eigenvalue weighted by molar-refractivity contribution is 6.36. The van der Waals surface area contributed by atoms with Crippen molar-refractivity contribution in [1.82, 2.24) is 19.5 Å². The Labute approximate surface area is 128 Å². The summed E-state index contributed by atoms with van der Waals surface area (Å²) in [4.78, 5) is 18.1. The van der Waals surface area contributed by atoms with Gasteiger partial charge in [0.05, 0.1) is 0 Å². The summed E-state index contributed by atoms with van der Waals surface area (Å²) >= 11 is 6.19. The molecule has 0 aliphatic carbocycles. The number of rotatable bonds is 5. The van der Waals surface area contributed by atoms with Gasteiger partial charge in [-0.05, 0) is 18.4 Å². The quantitative estimate of drug-likeness (QED) is 0.914. The summed E-state index contributed by atoms with van der Waals surface area (Å²) in [6, 6.07) is 1.80. The lowest BCUT2D eigenvalue weighted by molar-refractivity contribution is 0.0783. The molecule has 0 aromatic carbocycles. The van der Waals surface area contributed by atoms with Crippen LogP contribution in [-0.4, -0.2) is 45.0 Å². The molecule has 0 spiro atoms. The molecule has 2 aromatic heterocycles. The number of aromatic nitrogens is 3. The van der Waals surface area contributed by atoms with Crippen LogP contribution in [0, 0.1) is 5.92 Å². The molecule has 2 heterocycles. The molecular formula is C14H20ClN5O. The second-order valence-electron chi connectivity index (χ2n) is 5.47. The summed E-state index contributed by atoms with van der Waals surface area (Å²) < 4.78 is 1.50. The smallest absolute Gasteiger partial charge is 0.275 e. The highest BCUT2D eigenvalue weighted by atomic mass is 35.5. The molecule has 0 radical (unpaired) electrons. The number of nitrogens with zero attached hydrogens (tertiary/aromatic N) is 4. The summed E-state index contributed by atoms with van der Waals surface area (Å²) in [6.07, 6.45) is 4.06. The SMILES string of the molecule is CC(C)C(N)CCN(C)C(=O)c1nn2cccnc2c1Cl. The average Bonchev–Trinajstić information content (AvgIpc) is 2.81. The minimum Gasteiger partial charge on any atom is -0.340 e. The van der Waals surface area contributed by atoms with E-state index in [0.717, 1.165) is 6.42 Å². The Bertz CT molecular complexity index is 639. The van der Waals surface area contributed by atoms with Crippen LogP contribution in [0.15, 0.2) is 18.5 Å². The van der Waals surface area contributed by atoms with Crippen LogP contribution in [-0.2, 0) is 0 Å². The maximum Gasteiger partial charge on any atom is 0.275 e. The lowest BCUT2D eigenvalue weighted by Gasteiger charge is -2.20. The van der Waals surface area contributed by atoms with Crippen molar-refractivity contribution in [2.45, 2.75) is 26.3 Å². The number of nitrogens with two attached hydrogens (primary N) is 1. The molecule has 21 heavy (non-hydrogen) atoms. The molecule has 1 atom stereocenters. The van der Waals surface area contributed by atoms with Crippen molar-refractivity contribution in [3.63, 3.8) is 0 Å². The van der Waals surface area contributed by atoms with Gasteiger partial charge >= 0.3 is 0 Å². The van der Waals surface area contributed by atoms with E-state index in [4.69, 9.17) is 17.3 Å². The van der Waals surface area contributed by atoms with E-state index in [1.165, 1.54) is 4.52 Å². The molecule has 0 fully saturated rings. The predicted octanol–water partition coefficient (Wildman–Crippen LogP) is 1.83. The zero-order chi connectivity index (χ0) is 15.6. The van der Waals surface area contributed by atoms with Crippen LogP contribution in [0.3, 0.4) is 0 Å². The van der Waals surface area contributed by atoms with Gasteiger partial charge in [-0.3, -0.25) is 4.79 Å². The average molecular weight is 310 g/mol. The van der Waals surface area contributed by atoms with Gasteiger partial charge in [0.15, 0.2) is 11.3 Å². The molecular weight excluding hydrogens is 290 g/mol. The predicted molar refractivity (Wildman–Crippen MR) is 82.4 cm³/mol. The third-order valence-corrected chi connectivity index (χ3v) is 3.89. The van der Waals surface area contributed by atoms with Crippen LogP contribution in [0.4, 0.5) is 0 Å². The summed E-state index contributed by atoms with van der Waals surface area (Å²) in [6.45, 7) is 4.70. The van der Waals surface area contributed by atoms with Crippen molar-refractivity contribution >= 4 is 23.2 Å². The Hall–Kier alpha value is -1.66. The zero-order valence-electron chi connectivity index (χ0n) is 12.5. The maximum atomic E-state index is 12.4. The molecule has 6 nitrogen and oxygen atoms in total. The van der Waals surface area contributed by atoms with Crippen molar-refractivity contribution in [1.29, 1.82) is 0 Å². The van der Waals surface area contributed by atoms with E-state index in [0.29, 0.717) is 18.1 Å². The van der Waals surface area contributed by atoms with E-state index in [9.17, 15) is 4.79 Å². The fourth-order valence-corrected chi connectivity index (χ4v) is 2.21. The standard InChI is InChI=1S/C14H20ClN5O/c1-9(2)10(16)5-8-19(3)14(21)12-11(15)13-17-6-4-7-20(13)18-12/h4,6-7,9-10H,5,8,16H2,1-3H3. The third kappa shape index (κ3) is 3.33. The Morgan fingerprint density at radius 2 is 2.24 bits per heavy atom. The summed E-state index contributed by atoms with van der Waals surface area (Å²) in [5.74, 6) is 0.165. The molecule has 0 aliphatic heterocycles. The minimum absolute atomic E-state index is 0.0680. The van der Waals surface area contributed by atoms with Crippen LogP contribution >= 0.6 is 11.6 Å². The van der Waals surface area contributed by atoms with E-state index >= 15 is 0 Å². The van der Waals surface area contributed by atoms with E-state index in [1.54, 1.807) is 30.4 Å². The van der Waals surface area contributed by atoms with Crippen molar-refractivity contribution in [3.05, 3.63) is 29.2 Å². The number of carbonyl (C=O) groups excluding carboxylic acids is 1. The molecule has 2 aromatic rings. The van der Waals surface area contributed by atoms with E-state index < -0.39 is 0 Å². The van der Waals surface area contributed by atoms with Crippen LogP contribution < -0.4 is 5.73 Å². The Morgan fingerprint density at radius 1 is 1.52 bits per heavy atom. The fourth-order valence-electron chi connectivity index (χ4n) is 1.95. The maximum absolute atomic E-state index is 12.4. The van der Waals surface area contributed by atoms with Crippen LogP contribution in [0.25, 0.3) is 5.65 Å². The number of halogens is 1. The number of fused-ring (bicyclic) bond motifs is 1. The lowest BCUT2D eigenvalue weighted by atomic mass is 10.0. The lowest BCUT2D eigenvalue weighted by Crippen LogP contribution is -2.34. The van der Waals surface area contributed by atoms with Gasteiger partial charge in [-0.2, -0.15) is 5.10 Å². The molecule has 2 N–H and O–H groups in total. The molecule has 1 unspecified atom stereocenters. The van der Waals surface area contributed by atoms with Crippen LogP contribution in [0.2, 0.25) is 5.02 Å².